The fraction of sp³-hybridized carbons (Fsp3) is 0.259. The van der Waals surface area contributed by atoms with Gasteiger partial charge in [0.25, 0.3) is 5.91 Å². The average Bonchev–Trinajstić information content (AvgIpc) is 2.87. The second-order valence-electron chi connectivity index (χ2n) is 7.58. The van der Waals surface area contributed by atoms with Crippen molar-refractivity contribution in [3.05, 3.63) is 96.1 Å². The predicted octanol–water partition coefficient (Wildman–Crippen LogP) is 4.37. The van der Waals surface area contributed by atoms with E-state index in [9.17, 15) is 9.59 Å². The summed E-state index contributed by atoms with van der Waals surface area (Å²) in [6.45, 7) is 2.60. The summed E-state index contributed by atoms with van der Waals surface area (Å²) in [6.07, 6.45) is 0.802. The van der Waals surface area contributed by atoms with Crippen molar-refractivity contribution in [2.45, 2.75) is 25.9 Å². The summed E-state index contributed by atoms with van der Waals surface area (Å²) in [5.74, 6) is 0.825. The lowest BCUT2D eigenvalue weighted by Crippen LogP contribution is -2.45. The smallest absolute Gasteiger partial charge is 0.261 e. The van der Waals surface area contributed by atoms with Gasteiger partial charge in [-0.2, -0.15) is 0 Å². The van der Waals surface area contributed by atoms with Crippen LogP contribution in [0.25, 0.3) is 0 Å². The lowest BCUT2D eigenvalue weighted by molar-refractivity contribution is -0.143. The molecule has 0 radical (unpaired) electrons. The number of nitrogens with one attached hydrogen (secondary N) is 1. The van der Waals surface area contributed by atoms with Crippen molar-refractivity contribution in [2.24, 2.45) is 0 Å². The Balaban J connectivity index is 1.91. The monoisotopic (exact) mass is 446 g/mol. The summed E-state index contributed by atoms with van der Waals surface area (Å²) in [5.41, 5.74) is 1.63. The molecule has 0 saturated heterocycles. The van der Waals surface area contributed by atoms with Crippen LogP contribution in [0.2, 0.25) is 0 Å². The molecule has 33 heavy (non-hydrogen) atoms. The third-order valence-corrected chi connectivity index (χ3v) is 5.16. The number of para-hydroxylation sites is 1. The standard InChI is InChI=1S/C27H30N2O4/c1-3-18-28-27(31)26(22-10-6-4-7-11-22)29(19-21-14-16-23(32-2)17-15-21)25(30)20-33-24-12-8-5-9-13-24/h4-17,26H,3,18-20H2,1-2H3,(H,28,31)/t26-/m0/s1. The van der Waals surface area contributed by atoms with Crippen LogP contribution in [0.3, 0.4) is 0 Å². The predicted molar refractivity (Wildman–Crippen MR) is 128 cm³/mol. The van der Waals surface area contributed by atoms with Crippen molar-refractivity contribution in [2.75, 3.05) is 20.3 Å². The third kappa shape index (κ3) is 6.84. The highest BCUT2D eigenvalue weighted by atomic mass is 16.5. The normalized spacial score (nSPS) is 11.3. The van der Waals surface area contributed by atoms with Gasteiger partial charge in [0, 0.05) is 13.1 Å². The number of benzene rings is 3. The molecule has 1 atom stereocenters. The molecule has 0 aliphatic heterocycles. The van der Waals surface area contributed by atoms with Gasteiger partial charge in [0.2, 0.25) is 5.91 Å². The molecule has 0 aliphatic rings. The van der Waals surface area contributed by atoms with Gasteiger partial charge < -0.3 is 19.7 Å². The van der Waals surface area contributed by atoms with E-state index < -0.39 is 6.04 Å². The summed E-state index contributed by atoms with van der Waals surface area (Å²) < 4.78 is 11.0. The highest BCUT2D eigenvalue weighted by molar-refractivity contribution is 5.89. The molecule has 6 heteroatoms. The molecule has 1 N–H and O–H groups in total. The van der Waals surface area contributed by atoms with E-state index in [1.807, 2.05) is 79.7 Å². The number of carbonyl (C=O) groups excluding carboxylic acids is 2. The minimum Gasteiger partial charge on any atom is -0.497 e. The van der Waals surface area contributed by atoms with Crippen LogP contribution < -0.4 is 14.8 Å². The maximum absolute atomic E-state index is 13.4. The second kappa shape index (κ2) is 12.3. The zero-order chi connectivity index (χ0) is 23.5. The van der Waals surface area contributed by atoms with Gasteiger partial charge >= 0.3 is 0 Å². The number of hydrogen-bond acceptors (Lipinski definition) is 4. The summed E-state index contributed by atoms with van der Waals surface area (Å²) in [6, 6.07) is 25.2. The molecule has 3 aromatic rings. The molecule has 0 saturated carbocycles. The number of ether oxygens (including phenoxy) is 2. The number of methoxy groups -OCH3 is 1. The Kier molecular flexibility index (Phi) is 8.88. The average molecular weight is 447 g/mol. The van der Waals surface area contributed by atoms with Crippen molar-refractivity contribution in [1.29, 1.82) is 0 Å². The zero-order valence-corrected chi connectivity index (χ0v) is 19.1. The maximum atomic E-state index is 13.4. The third-order valence-electron chi connectivity index (χ3n) is 5.16. The first-order chi connectivity index (χ1) is 16.1. The summed E-state index contributed by atoms with van der Waals surface area (Å²) in [4.78, 5) is 28.3. The summed E-state index contributed by atoms with van der Waals surface area (Å²) in [5, 5.41) is 2.95. The highest BCUT2D eigenvalue weighted by Gasteiger charge is 2.31. The van der Waals surface area contributed by atoms with Crippen molar-refractivity contribution >= 4 is 11.8 Å². The van der Waals surface area contributed by atoms with E-state index in [1.54, 1.807) is 24.1 Å². The molecule has 0 bridgehead atoms. The van der Waals surface area contributed by atoms with Gasteiger partial charge in [0.15, 0.2) is 6.61 Å². The van der Waals surface area contributed by atoms with E-state index in [0.717, 1.165) is 23.3 Å². The van der Waals surface area contributed by atoms with Crippen LogP contribution in [0.1, 0.15) is 30.5 Å². The van der Waals surface area contributed by atoms with Gasteiger partial charge in [0.05, 0.1) is 7.11 Å². The lowest BCUT2D eigenvalue weighted by Gasteiger charge is -2.31. The van der Waals surface area contributed by atoms with Crippen LogP contribution in [0.4, 0.5) is 0 Å². The number of rotatable bonds is 11. The van der Waals surface area contributed by atoms with E-state index in [2.05, 4.69) is 5.32 Å². The lowest BCUT2D eigenvalue weighted by atomic mass is 10.0. The Morgan fingerprint density at radius 3 is 2.12 bits per heavy atom. The van der Waals surface area contributed by atoms with Crippen molar-refractivity contribution < 1.29 is 19.1 Å². The first-order valence-corrected chi connectivity index (χ1v) is 11.0. The van der Waals surface area contributed by atoms with Crippen molar-refractivity contribution in [1.82, 2.24) is 10.2 Å². The van der Waals surface area contributed by atoms with Crippen molar-refractivity contribution in [3.8, 4) is 11.5 Å². The number of nitrogens with zero attached hydrogens (tertiary/aromatic N) is 1. The van der Waals surface area contributed by atoms with E-state index in [4.69, 9.17) is 9.47 Å². The second-order valence-corrected chi connectivity index (χ2v) is 7.58. The Labute approximate surface area is 195 Å². The van der Waals surface area contributed by atoms with E-state index >= 15 is 0 Å². The number of carbonyl (C=O) groups is 2. The maximum Gasteiger partial charge on any atom is 0.261 e. The van der Waals surface area contributed by atoms with E-state index in [0.29, 0.717) is 12.3 Å². The Morgan fingerprint density at radius 1 is 0.879 bits per heavy atom. The molecule has 0 fully saturated rings. The molecule has 0 heterocycles. The first-order valence-electron chi connectivity index (χ1n) is 11.0. The van der Waals surface area contributed by atoms with Gasteiger partial charge in [-0.3, -0.25) is 9.59 Å². The summed E-state index contributed by atoms with van der Waals surface area (Å²) >= 11 is 0. The highest BCUT2D eigenvalue weighted by Crippen LogP contribution is 2.25. The number of amides is 2. The molecular formula is C27H30N2O4. The molecule has 0 aliphatic carbocycles. The Morgan fingerprint density at radius 2 is 1.52 bits per heavy atom. The van der Waals surface area contributed by atoms with E-state index in [-0.39, 0.29) is 25.0 Å². The van der Waals surface area contributed by atoms with Crippen LogP contribution in [-0.4, -0.2) is 37.0 Å². The number of hydrogen-bond donors (Lipinski definition) is 1. The molecular weight excluding hydrogens is 416 g/mol. The van der Waals surface area contributed by atoms with Crippen LogP contribution in [0.15, 0.2) is 84.9 Å². The van der Waals surface area contributed by atoms with Crippen LogP contribution in [-0.2, 0) is 16.1 Å². The van der Waals surface area contributed by atoms with Gasteiger partial charge in [-0.05, 0) is 41.8 Å². The summed E-state index contributed by atoms with van der Waals surface area (Å²) in [7, 11) is 1.61. The molecule has 0 aromatic heterocycles. The van der Waals surface area contributed by atoms with Gasteiger partial charge in [0.1, 0.15) is 17.5 Å². The minimum absolute atomic E-state index is 0.176. The zero-order valence-electron chi connectivity index (χ0n) is 19.1. The van der Waals surface area contributed by atoms with Crippen LogP contribution in [0, 0.1) is 0 Å². The minimum atomic E-state index is -0.785. The fourth-order valence-corrected chi connectivity index (χ4v) is 3.45. The van der Waals surface area contributed by atoms with Crippen LogP contribution >= 0.6 is 0 Å². The van der Waals surface area contributed by atoms with Crippen LogP contribution in [0.5, 0.6) is 11.5 Å². The molecule has 6 nitrogen and oxygen atoms in total. The molecule has 0 unspecified atom stereocenters. The van der Waals surface area contributed by atoms with Gasteiger partial charge in [-0.25, -0.2) is 0 Å². The molecule has 3 rings (SSSR count). The Hall–Kier alpha value is -3.80. The fourth-order valence-electron chi connectivity index (χ4n) is 3.45. The largest absolute Gasteiger partial charge is 0.497 e. The van der Waals surface area contributed by atoms with Crippen molar-refractivity contribution in [3.63, 3.8) is 0 Å². The quantitative estimate of drug-likeness (QED) is 0.475. The van der Waals surface area contributed by atoms with Gasteiger partial charge in [-0.1, -0.05) is 67.6 Å². The SMILES string of the molecule is CCCNC(=O)[C@H](c1ccccc1)N(Cc1ccc(OC)cc1)C(=O)COc1ccccc1. The molecule has 3 aromatic carbocycles. The molecule has 0 spiro atoms. The van der Waals surface area contributed by atoms with Gasteiger partial charge in [-0.15, -0.1) is 0 Å². The topological polar surface area (TPSA) is 67.9 Å². The van der Waals surface area contributed by atoms with E-state index in [1.165, 1.54) is 0 Å². The Bertz CT molecular complexity index is 1010. The first kappa shape index (κ1) is 23.9. The molecule has 172 valence electrons. The molecule has 2 amide bonds.